The molecule has 2 N–H and O–H groups in total. The lowest BCUT2D eigenvalue weighted by molar-refractivity contribution is -0.127. The van der Waals surface area contributed by atoms with E-state index < -0.39 is 0 Å². The Bertz CT molecular complexity index is 732. The second-order valence-corrected chi connectivity index (χ2v) is 9.11. The van der Waals surface area contributed by atoms with Crippen molar-refractivity contribution in [2.75, 3.05) is 40.9 Å². The van der Waals surface area contributed by atoms with Gasteiger partial charge in [0.1, 0.15) is 6.54 Å². The molecule has 0 radical (unpaired) electrons. The molecule has 1 fully saturated rings. The molecule has 174 valence electrons. The summed E-state index contributed by atoms with van der Waals surface area (Å²) >= 11 is 0. The number of methoxy groups -OCH3 is 1. The smallest absolute Gasteiger partial charge is 0.243 e. The Morgan fingerprint density at radius 3 is 2.61 bits per heavy atom. The fraction of sp³-hybridized carbons (Fsp3) is 0.667. The summed E-state index contributed by atoms with van der Waals surface area (Å²) < 4.78 is 5.37. The van der Waals surface area contributed by atoms with Crippen LogP contribution in [0.4, 0.5) is 0 Å². The van der Waals surface area contributed by atoms with E-state index in [0.29, 0.717) is 6.04 Å². The molecule has 1 unspecified atom stereocenters. The number of guanidine groups is 1. The molecule has 2 aliphatic rings. The molecule has 7 heteroatoms. The van der Waals surface area contributed by atoms with E-state index in [9.17, 15) is 4.79 Å². The number of halogens is 1. The highest BCUT2D eigenvalue weighted by Crippen LogP contribution is 2.40. The van der Waals surface area contributed by atoms with Crippen molar-refractivity contribution in [3.8, 4) is 0 Å². The predicted molar refractivity (Wildman–Crippen MR) is 137 cm³/mol. The molecular weight excluding hydrogens is 503 g/mol. The molecule has 2 aliphatic carbocycles. The van der Waals surface area contributed by atoms with Gasteiger partial charge in [-0.25, -0.2) is 4.99 Å². The highest BCUT2D eigenvalue weighted by atomic mass is 127. The monoisotopic (exact) mass is 542 g/mol. The van der Waals surface area contributed by atoms with Gasteiger partial charge in [-0.1, -0.05) is 37.1 Å². The summed E-state index contributed by atoms with van der Waals surface area (Å²) in [7, 11) is 5.32. The first-order valence-corrected chi connectivity index (χ1v) is 11.3. The third-order valence-electron chi connectivity index (χ3n) is 6.69. The number of benzene rings is 1. The van der Waals surface area contributed by atoms with E-state index in [2.05, 4.69) is 39.9 Å². The lowest BCUT2D eigenvalue weighted by atomic mass is 9.83. The number of hydrogen-bond donors (Lipinski definition) is 2. The van der Waals surface area contributed by atoms with Gasteiger partial charge in [0.05, 0.1) is 0 Å². The van der Waals surface area contributed by atoms with E-state index in [0.717, 1.165) is 44.8 Å². The summed E-state index contributed by atoms with van der Waals surface area (Å²) in [5.74, 6) is 0.776. The van der Waals surface area contributed by atoms with Crippen LogP contribution >= 0.6 is 24.0 Å². The maximum Gasteiger partial charge on any atom is 0.243 e. The fourth-order valence-corrected chi connectivity index (χ4v) is 4.68. The van der Waals surface area contributed by atoms with Crippen LogP contribution in [-0.2, 0) is 22.4 Å². The average molecular weight is 543 g/mol. The zero-order valence-electron chi connectivity index (χ0n) is 19.3. The van der Waals surface area contributed by atoms with Crippen LogP contribution in [0.2, 0.25) is 0 Å². The number of carbonyl (C=O) groups is 1. The molecule has 1 aromatic rings. The van der Waals surface area contributed by atoms with Crippen LogP contribution in [-0.4, -0.2) is 63.7 Å². The second-order valence-electron chi connectivity index (χ2n) is 9.11. The molecule has 1 aromatic carbocycles. The first kappa shape index (κ1) is 25.9. The zero-order valence-corrected chi connectivity index (χ0v) is 21.6. The first-order chi connectivity index (χ1) is 14.5. The number of aryl methyl sites for hydroxylation is 1. The molecule has 0 saturated heterocycles. The second kappa shape index (κ2) is 12.6. The van der Waals surface area contributed by atoms with E-state index in [1.807, 2.05) is 0 Å². The molecule has 31 heavy (non-hydrogen) atoms. The Hall–Kier alpha value is -1.35. The normalized spacial score (nSPS) is 19.8. The predicted octanol–water partition coefficient (Wildman–Crippen LogP) is 3.38. The molecule has 0 aliphatic heterocycles. The Labute approximate surface area is 204 Å². The van der Waals surface area contributed by atoms with E-state index in [4.69, 9.17) is 4.74 Å². The molecule has 1 amide bonds. The number of amides is 1. The van der Waals surface area contributed by atoms with Crippen LogP contribution in [0.1, 0.15) is 49.7 Å². The van der Waals surface area contributed by atoms with Crippen molar-refractivity contribution in [2.24, 2.45) is 10.4 Å². The molecule has 0 heterocycles. The van der Waals surface area contributed by atoms with Gasteiger partial charge in [0, 0.05) is 40.4 Å². The van der Waals surface area contributed by atoms with Crippen LogP contribution in [0.5, 0.6) is 0 Å². The Morgan fingerprint density at radius 2 is 1.94 bits per heavy atom. The fourth-order valence-electron chi connectivity index (χ4n) is 4.68. The summed E-state index contributed by atoms with van der Waals surface area (Å²) in [5.41, 5.74) is 3.13. The van der Waals surface area contributed by atoms with Gasteiger partial charge in [-0.05, 0) is 55.1 Å². The SMILES string of the molecule is COCCC1(CNC(=NCC(=O)N(C)C)NC2CCc3ccccc3C2)CCCC1.I. The Kier molecular flexibility index (Phi) is 10.6. The number of nitrogens with one attached hydrogen (secondary N) is 2. The number of hydrogen-bond acceptors (Lipinski definition) is 3. The topological polar surface area (TPSA) is 66.0 Å². The van der Waals surface area contributed by atoms with Gasteiger partial charge in [0.25, 0.3) is 0 Å². The van der Waals surface area contributed by atoms with Crippen molar-refractivity contribution in [3.05, 3.63) is 35.4 Å². The van der Waals surface area contributed by atoms with Crippen LogP contribution in [0.3, 0.4) is 0 Å². The van der Waals surface area contributed by atoms with Crippen molar-refractivity contribution in [2.45, 2.75) is 57.4 Å². The molecule has 6 nitrogen and oxygen atoms in total. The van der Waals surface area contributed by atoms with Crippen molar-refractivity contribution in [1.29, 1.82) is 0 Å². The summed E-state index contributed by atoms with van der Waals surface area (Å²) in [5, 5.41) is 7.21. The van der Waals surface area contributed by atoms with E-state index in [1.165, 1.54) is 36.8 Å². The number of nitrogens with zero attached hydrogens (tertiary/aromatic N) is 2. The molecule has 1 atom stereocenters. The summed E-state index contributed by atoms with van der Waals surface area (Å²) in [6.07, 6.45) is 9.23. The molecular formula is C24H39IN4O2. The van der Waals surface area contributed by atoms with Crippen molar-refractivity contribution >= 4 is 35.8 Å². The number of rotatable bonds is 8. The minimum absolute atomic E-state index is 0. The summed E-state index contributed by atoms with van der Waals surface area (Å²) in [6, 6.07) is 9.02. The molecule has 0 aromatic heterocycles. The van der Waals surface area contributed by atoms with Gasteiger partial charge in [-0.2, -0.15) is 0 Å². The van der Waals surface area contributed by atoms with Gasteiger partial charge >= 0.3 is 0 Å². The zero-order chi connectivity index (χ0) is 21.4. The Morgan fingerprint density at radius 1 is 1.23 bits per heavy atom. The van der Waals surface area contributed by atoms with Crippen LogP contribution in [0.25, 0.3) is 0 Å². The largest absolute Gasteiger partial charge is 0.385 e. The van der Waals surface area contributed by atoms with Gasteiger partial charge in [0.15, 0.2) is 5.96 Å². The van der Waals surface area contributed by atoms with Crippen molar-refractivity contribution in [1.82, 2.24) is 15.5 Å². The van der Waals surface area contributed by atoms with Crippen molar-refractivity contribution in [3.63, 3.8) is 0 Å². The van der Waals surface area contributed by atoms with E-state index in [1.54, 1.807) is 26.1 Å². The highest BCUT2D eigenvalue weighted by molar-refractivity contribution is 14.0. The van der Waals surface area contributed by atoms with Crippen LogP contribution in [0, 0.1) is 5.41 Å². The minimum atomic E-state index is 0. The molecule has 3 rings (SSSR count). The van der Waals surface area contributed by atoms with Gasteiger partial charge in [-0.15, -0.1) is 24.0 Å². The van der Waals surface area contributed by atoms with Gasteiger partial charge < -0.3 is 20.3 Å². The average Bonchev–Trinajstić information content (AvgIpc) is 3.23. The maximum absolute atomic E-state index is 12.1. The minimum Gasteiger partial charge on any atom is -0.385 e. The molecule has 1 saturated carbocycles. The molecule has 0 bridgehead atoms. The van der Waals surface area contributed by atoms with Gasteiger partial charge in [0.2, 0.25) is 5.91 Å². The summed E-state index contributed by atoms with van der Waals surface area (Å²) in [4.78, 5) is 18.3. The number of likely N-dealkylation sites (N-methyl/N-ethyl adjacent to an activating group) is 1. The highest BCUT2D eigenvalue weighted by Gasteiger charge is 2.33. The van der Waals surface area contributed by atoms with E-state index >= 15 is 0 Å². The van der Waals surface area contributed by atoms with Crippen LogP contribution in [0.15, 0.2) is 29.3 Å². The third kappa shape index (κ3) is 7.63. The number of carbonyl (C=O) groups excluding carboxylic acids is 1. The summed E-state index contributed by atoms with van der Waals surface area (Å²) in [6.45, 7) is 1.83. The molecule has 0 spiro atoms. The maximum atomic E-state index is 12.1. The third-order valence-corrected chi connectivity index (χ3v) is 6.69. The quantitative estimate of drug-likeness (QED) is 0.301. The Balaban J connectivity index is 0.00000341. The lowest BCUT2D eigenvalue weighted by Crippen LogP contribution is -2.49. The first-order valence-electron chi connectivity index (χ1n) is 11.3. The van der Waals surface area contributed by atoms with Crippen LogP contribution < -0.4 is 10.6 Å². The van der Waals surface area contributed by atoms with Crippen molar-refractivity contribution < 1.29 is 9.53 Å². The number of ether oxygens (including phenoxy) is 1. The lowest BCUT2D eigenvalue weighted by Gasteiger charge is -2.32. The van der Waals surface area contributed by atoms with Gasteiger partial charge in [-0.3, -0.25) is 4.79 Å². The standard InChI is InChI=1S/C24H38N4O2.HI/c1-28(2)22(29)17-25-23(26-18-24(14-15-30-3)12-6-7-13-24)27-21-11-10-19-8-4-5-9-20(19)16-21;/h4-5,8-9,21H,6-7,10-18H2,1-3H3,(H2,25,26,27);1H. The number of aliphatic imine (C=N–C) groups is 1. The number of fused-ring (bicyclic) bond motifs is 1. The van der Waals surface area contributed by atoms with E-state index in [-0.39, 0.29) is 41.8 Å².